The van der Waals surface area contributed by atoms with Crippen molar-refractivity contribution in [2.75, 3.05) is 18.5 Å². The number of unbranched alkanes of at least 4 members (excludes halogenated alkanes) is 1. The zero-order chi connectivity index (χ0) is 16.7. The van der Waals surface area contributed by atoms with Gasteiger partial charge in [-0.3, -0.25) is 4.79 Å². The Kier molecular flexibility index (Phi) is 6.40. The molecular formula is C17H25N3O3. The molecular weight excluding hydrogens is 294 g/mol. The fourth-order valence-electron chi connectivity index (χ4n) is 2.65. The van der Waals surface area contributed by atoms with E-state index in [1.807, 2.05) is 6.92 Å². The SMILES string of the molecule is Cc1ccc(C(N)=O)cc1NC(=O)NCCCC[C@H]1CCCO1. The van der Waals surface area contributed by atoms with E-state index in [1.54, 1.807) is 18.2 Å². The number of benzene rings is 1. The van der Waals surface area contributed by atoms with Crippen LogP contribution in [0.3, 0.4) is 0 Å². The Morgan fingerprint density at radius 2 is 2.17 bits per heavy atom. The molecule has 0 spiro atoms. The van der Waals surface area contributed by atoms with Gasteiger partial charge in [0.25, 0.3) is 0 Å². The van der Waals surface area contributed by atoms with Gasteiger partial charge < -0.3 is 21.1 Å². The Hall–Kier alpha value is -2.08. The van der Waals surface area contributed by atoms with Crippen molar-refractivity contribution in [3.05, 3.63) is 29.3 Å². The summed E-state index contributed by atoms with van der Waals surface area (Å²) in [4.78, 5) is 23.1. The standard InChI is InChI=1S/C17H25N3O3/c1-12-7-8-13(16(18)21)11-15(12)20-17(22)19-9-3-2-5-14-6-4-10-23-14/h7-8,11,14H,2-6,9-10H2,1H3,(H2,18,21)(H2,19,20,22)/t14-/m0/s1. The van der Waals surface area contributed by atoms with Crippen LogP contribution in [-0.4, -0.2) is 31.2 Å². The number of carbonyl (C=O) groups excluding carboxylic acids is 2. The molecule has 0 aromatic heterocycles. The molecule has 1 aromatic rings. The summed E-state index contributed by atoms with van der Waals surface area (Å²) in [7, 11) is 0. The van der Waals surface area contributed by atoms with Gasteiger partial charge in [0, 0.05) is 24.4 Å². The number of primary amides is 1. The van der Waals surface area contributed by atoms with Crippen LogP contribution in [0.15, 0.2) is 18.2 Å². The molecule has 0 saturated carbocycles. The van der Waals surface area contributed by atoms with E-state index >= 15 is 0 Å². The Morgan fingerprint density at radius 3 is 2.87 bits per heavy atom. The van der Waals surface area contributed by atoms with Crippen LogP contribution in [0.25, 0.3) is 0 Å². The van der Waals surface area contributed by atoms with Gasteiger partial charge in [0.2, 0.25) is 5.91 Å². The van der Waals surface area contributed by atoms with E-state index in [-0.39, 0.29) is 6.03 Å². The minimum absolute atomic E-state index is 0.271. The predicted octanol–water partition coefficient (Wildman–Crippen LogP) is 2.56. The van der Waals surface area contributed by atoms with Crippen molar-refractivity contribution in [2.24, 2.45) is 5.73 Å². The summed E-state index contributed by atoms with van der Waals surface area (Å²) in [6.07, 6.45) is 5.75. The molecule has 126 valence electrons. The molecule has 0 unspecified atom stereocenters. The van der Waals surface area contributed by atoms with E-state index < -0.39 is 5.91 Å². The van der Waals surface area contributed by atoms with E-state index in [1.165, 1.54) is 0 Å². The highest BCUT2D eigenvalue weighted by atomic mass is 16.5. The highest BCUT2D eigenvalue weighted by Gasteiger charge is 2.14. The molecule has 0 aliphatic carbocycles. The lowest BCUT2D eigenvalue weighted by Gasteiger charge is -2.12. The number of anilines is 1. The smallest absolute Gasteiger partial charge is 0.319 e. The predicted molar refractivity (Wildman–Crippen MR) is 89.5 cm³/mol. The monoisotopic (exact) mass is 319 g/mol. The molecule has 1 heterocycles. The lowest BCUT2D eigenvalue weighted by molar-refractivity contribution is 0.0999. The number of amides is 3. The Balaban J connectivity index is 1.69. The van der Waals surface area contributed by atoms with E-state index in [0.717, 1.165) is 44.3 Å². The van der Waals surface area contributed by atoms with Crippen molar-refractivity contribution >= 4 is 17.6 Å². The number of rotatable bonds is 7. The summed E-state index contributed by atoms with van der Waals surface area (Å²) in [6.45, 7) is 3.37. The van der Waals surface area contributed by atoms with Gasteiger partial charge in [-0.15, -0.1) is 0 Å². The van der Waals surface area contributed by atoms with E-state index in [0.29, 0.717) is 23.9 Å². The van der Waals surface area contributed by atoms with Gasteiger partial charge in [0.1, 0.15) is 0 Å². The fraction of sp³-hybridized carbons (Fsp3) is 0.529. The third-order valence-corrected chi connectivity index (χ3v) is 4.03. The van der Waals surface area contributed by atoms with E-state index in [9.17, 15) is 9.59 Å². The second-order valence-corrected chi connectivity index (χ2v) is 5.91. The summed E-state index contributed by atoms with van der Waals surface area (Å²) < 4.78 is 5.57. The molecule has 4 N–H and O–H groups in total. The maximum absolute atomic E-state index is 11.9. The third-order valence-electron chi connectivity index (χ3n) is 4.03. The first-order valence-electron chi connectivity index (χ1n) is 8.13. The van der Waals surface area contributed by atoms with Crippen LogP contribution >= 0.6 is 0 Å². The molecule has 1 atom stereocenters. The molecule has 6 nitrogen and oxygen atoms in total. The summed E-state index contributed by atoms with van der Waals surface area (Å²) in [6, 6.07) is 4.73. The molecule has 0 bridgehead atoms. The van der Waals surface area contributed by atoms with Crippen molar-refractivity contribution in [1.82, 2.24) is 5.32 Å². The van der Waals surface area contributed by atoms with Crippen LogP contribution < -0.4 is 16.4 Å². The van der Waals surface area contributed by atoms with Gasteiger partial charge in [-0.25, -0.2) is 4.79 Å². The minimum atomic E-state index is -0.511. The molecule has 23 heavy (non-hydrogen) atoms. The normalized spacial score (nSPS) is 17.0. The van der Waals surface area contributed by atoms with Crippen molar-refractivity contribution in [1.29, 1.82) is 0 Å². The maximum atomic E-state index is 11.9. The second-order valence-electron chi connectivity index (χ2n) is 5.91. The molecule has 1 aliphatic heterocycles. The van der Waals surface area contributed by atoms with Crippen LogP contribution in [0.5, 0.6) is 0 Å². The number of carbonyl (C=O) groups is 2. The van der Waals surface area contributed by atoms with Crippen LogP contribution in [-0.2, 0) is 4.74 Å². The number of hydrogen-bond acceptors (Lipinski definition) is 3. The summed E-state index contributed by atoms with van der Waals surface area (Å²) in [5.41, 5.74) is 7.10. The molecule has 1 aliphatic rings. The Labute approximate surface area is 136 Å². The maximum Gasteiger partial charge on any atom is 0.319 e. The van der Waals surface area contributed by atoms with Crippen molar-refractivity contribution < 1.29 is 14.3 Å². The lowest BCUT2D eigenvalue weighted by Crippen LogP contribution is -2.30. The second kappa shape index (κ2) is 8.53. The first-order chi connectivity index (χ1) is 11.1. The third kappa shape index (κ3) is 5.56. The topological polar surface area (TPSA) is 93.5 Å². The summed E-state index contributed by atoms with van der Waals surface area (Å²) in [5.74, 6) is -0.511. The van der Waals surface area contributed by atoms with Crippen LogP contribution in [0.4, 0.5) is 10.5 Å². The number of urea groups is 1. The van der Waals surface area contributed by atoms with Crippen molar-refractivity contribution in [3.8, 4) is 0 Å². The highest BCUT2D eigenvalue weighted by Crippen LogP contribution is 2.18. The highest BCUT2D eigenvalue weighted by molar-refractivity contribution is 5.96. The number of aryl methyl sites for hydroxylation is 1. The summed E-state index contributed by atoms with van der Waals surface area (Å²) in [5, 5.41) is 5.58. The molecule has 1 saturated heterocycles. The average Bonchev–Trinajstić information content (AvgIpc) is 3.02. The molecule has 2 rings (SSSR count). The molecule has 1 aromatic carbocycles. The molecule has 3 amide bonds. The molecule has 0 radical (unpaired) electrons. The largest absolute Gasteiger partial charge is 0.378 e. The summed E-state index contributed by atoms with van der Waals surface area (Å²) >= 11 is 0. The fourth-order valence-corrected chi connectivity index (χ4v) is 2.65. The van der Waals surface area contributed by atoms with Crippen molar-refractivity contribution in [3.63, 3.8) is 0 Å². The van der Waals surface area contributed by atoms with Gasteiger partial charge >= 0.3 is 6.03 Å². The van der Waals surface area contributed by atoms with Gasteiger partial charge in [-0.1, -0.05) is 6.07 Å². The zero-order valence-corrected chi connectivity index (χ0v) is 13.6. The first kappa shape index (κ1) is 17.3. The lowest BCUT2D eigenvalue weighted by atomic mass is 10.1. The van der Waals surface area contributed by atoms with Crippen LogP contribution in [0.2, 0.25) is 0 Å². The average molecular weight is 319 g/mol. The van der Waals surface area contributed by atoms with E-state index in [4.69, 9.17) is 10.5 Å². The first-order valence-corrected chi connectivity index (χ1v) is 8.13. The van der Waals surface area contributed by atoms with Crippen LogP contribution in [0, 0.1) is 6.92 Å². The zero-order valence-electron chi connectivity index (χ0n) is 13.6. The number of ether oxygens (including phenoxy) is 1. The Bertz CT molecular complexity index is 554. The number of nitrogens with two attached hydrogens (primary N) is 1. The molecule has 1 fully saturated rings. The number of nitrogens with one attached hydrogen (secondary N) is 2. The van der Waals surface area contributed by atoms with Gasteiger partial charge in [0.05, 0.1) is 6.10 Å². The molecule has 6 heteroatoms. The Morgan fingerprint density at radius 1 is 1.35 bits per heavy atom. The van der Waals surface area contributed by atoms with E-state index in [2.05, 4.69) is 10.6 Å². The number of hydrogen-bond donors (Lipinski definition) is 3. The quantitative estimate of drug-likeness (QED) is 0.674. The van der Waals surface area contributed by atoms with Gasteiger partial charge in [-0.2, -0.15) is 0 Å². The van der Waals surface area contributed by atoms with Gasteiger partial charge in [0.15, 0.2) is 0 Å². The van der Waals surface area contributed by atoms with Gasteiger partial charge in [-0.05, 0) is 56.7 Å². The van der Waals surface area contributed by atoms with Crippen LogP contribution in [0.1, 0.15) is 48.0 Å². The minimum Gasteiger partial charge on any atom is -0.378 e. The van der Waals surface area contributed by atoms with Crippen molar-refractivity contribution in [2.45, 2.75) is 45.1 Å².